The van der Waals surface area contributed by atoms with Crippen LogP contribution in [0, 0.1) is 5.92 Å². The van der Waals surface area contributed by atoms with Gasteiger partial charge in [-0.3, -0.25) is 4.79 Å². The number of aromatic amines is 1. The van der Waals surface area contributed by atoms with Gasteiger partial charge in [-0.05, 0) is 48.9 Å². The minimum absolute atomic E-state index is 0.0289. The summed E-state index contributed by atoms with van der Waals surface area (Å²) >= 11 is 6.96. The highest BCUT2D eigenvalue weighted by molar-refractivity contribution is 7.91. The molecule has 9 heteroatoms. The van der Waals surface area contributed by atoms with E-state index in [0.717, 1.165) is 23.3 Å². The third-order valence-corrected chi connectivity index (χ3v) is 9.18. The lowest BCUT2D eigenvalue weighted by Crippen LogP contribution is -2.39. The normalized spacial score (nSPS) is 16.2. The van der Waals surface area contributed by atoms with Crippen LogP contribution >= 0.6 is 22.9 Å². The number of sulfonamides is 1. The van der Waals surface area contributed by atoms with Crippen molar-refractivity contribution >= 4 is 49.8 Å². The Balaban J connectivity index is 1.22. The van der Waals surface area contributed by atoms with Crippen LogP contribution in [-0.2, 0) is 21.2 Å². The van der Waals surface area contributed by atoms with Crippen LogP contribution in [0.4, 0.5) is 0 Å². The van der Waals surface area contributed by atoms with Gasteiger partial charge in [-0.2, -0.15) is 4.31 Å². The van der Waals surface area contributed by atoms with Gasteiger partial charge in [0.1, 0.15) is 4.21 Å². The standard InChI is InChI=1S/C21H24ClN3O3S2/c22-19-5-6-21(29-19)30(27,28)25-11-8-15(9-12-25)13-20(26)23-10-7-16-14-24-18-4-2-1-3-17(16)18/h1-6,14-15,24H,7-13H2,(H,23,26). The summed E-state index contributed by atoms with van der Waals surface area (Å²) in [6.45, 7) is 1.46. The highest BCUT2D eigenvalue weighted by atomic mass is 35.5. The number of fused-ring (bicyclic) bond motifs is 1. The predicted molar refractivity (Wildman–Crippen MR) is 120 cm³/mol. The molecule has 1 amide bonds. The molecule has 6 nitrogen and oxygen atoms in total. The molecule has 1 saturated heterocycles. The van der Waals surface area contributed by atoms with E-state index in [1.165, 1.54) is 15.3 Å². The zero-order valence-corrected chi connectivity index (χ0v) is 18.8. The molecule has 1 aromatic carbocycles. The lowest BCUT2D eigenvalue weighted by Gasteiger charge is -2.30. The van der Waals surface area contributed by atoms with Crippen molar-refractivity contribution in [2.45, 2.75) is 29.9 Å². The molecule has 2 N–H and O–H groups in total. The number of thiophene rings is 1. The molecule has 0 atom stereocenters. The first-order valence-electron chi connectivity index (χ1n) is 10.0. The lowest BCUT2D eigenvalue weighted by atomic mass is 9.94. The molecular weight excluding hydrogens is 442 g/mol. The molecule has 0 aliphatic carbocycles. The average Bonchev–Trinajstić information content (AvgIpc) is 3.35. The van der Waals surface area contributed by atoms with Crippen molar-refractivity contribution in [3.8, 4) is 0 Å². The lowest BCUT2D eigenvalue weighted by molar-refractivity contribution is -0.122. The second-order valence-corrected chi connectivity index (χ2v) is 11.4. The molecule has 160 valence electrons. The Labute approximate surface area is 185 Å². The number of carbonyl (C=O) groups is 1. The van der Waals surface area contributed by atoms with E-state index in [1.54, 1.807) is 12.1 Å². The summed E-state index contributed by atoms with van der Waals surface area (Å²) in [5.41, 5.74) is 2.29. The number of para-hydroxylation sites is 1. The summed E-state index contributed by atoms with van der Waals surface area (Å²) in [7, 11) is -3.49. The van der Waals surface area contributed by atoms with Crippen LogP contribution in [-0.4, -0.2) is 43.2 Å². The molecule has 2 aromatic heterocycles. The van der Waals surface area contributed by atoms with Crippen molar-refractivity contribution in [3.05, 3.63) is 52.5 Å². The summed E-state index contributed by atoms with van der Waals surface area (Å²) in [6, 6.07) is 11.3. The number of H-pyrrole nitrogens is 1. The fourth-order valence-electron chi connectivity index (χ4n) is 3.93. The summed E-state index contributed by atoms with van der Waals surface area (Å²) in [4.78, 5) is 15.6. The zero-order valence-electron chi connectivity index (χ0n) is 16.4. The van der Waals surface area contributed by atoms with Crippen molar-refractivity contribution in [2.24, 2.45) is 5.92 Å². The highest BCUT2D eigenvalue weighted by Crippen LogP contribution is 2.31. The topological polar surface area (TPSA) is 82.3 Å². The number of rotatable bonds is 7. The SMILES string of the molecule is O=C(CC1CCN(S(=O)(=O)c2ccc(Cl)s2)CC1)NCCc1c[nH]c2ccccc12. The molecule has 4 rings (SSSR count). The van der Waals surface area contributed by atoms with Gasteiger partial charge in [0.15, 0.2) is 0 Å². The number of benzene rings is 1. The Morgan fingerprint density at radius 3 is 2.70 bits per heavy atom. The Hall–Kier alpha value is -1.87. The van der Waals surface area contributed by atoms with Gasteiger partial charge in [0.25, 0.3) is 10.0 Å². The van der Waals surface area contributed by atoms with E-state index in [0.29, 0.717) is 43.2 Å². The Morgan fingerprint density at radius 2 is 1.97 bits per heavy atom. The van der Waals surface area contributed by atoms with Crippen LogP contribution in [0.5, 0.6) is 0 Å². The second kappa shape index (κ2) is 9.09. The van der Waals surface area contributed by atoms with E-state index >= 15 is 0 Å². The maximum atomic E-state index is 12.7. The Morgan fingerprint density at radius 1 is 1.20 bits per heavy atom. The average molecular weight is 466 g/mol. The maximum Gasteiger partial charge on any atom is 0.252 e. The zero-order chi connectivity index (χ0) is 21.1. The van der Waals surface area contributed by atoms with Crippen molar-refractivity contribution < 1.29 is 13.2 Å². The van der Waals surface area contributed by atoms with E-state index in [-0.39, 0.29) is 16.0 Å². The quantitative estimate of drug-likeness (QED) is 0.552. The number of aromatic nitrogens is 1. The molecule has 0 bridgehead atoms. The minimum Gasteiger partial charge on any atom is -0.361 e. The van der Waals surface area contributed by atoms with E-state index in [9.17, 15) is 13.2 Å². The fraction of sp³-hybridized carbons (Fsp3) is 0.381. The summed E-state index contributed by atoms with van der Waals surface area (Å²) < 4.78 is 27.6. The molecule has 30 heavy (non-hydrogen) atoms. The van der Waals surface area contributed by atoms with Crippen molar-refractivity contribution in [3.63, 3.8) is 0 Å². The fourth-order valence-corrected chi connectivity index (χ4v) is 7.03. The van der Waals surface area contributed by atoms with Crippen LogP contribution in [0.15, 0.2) is 46.8 Å². The molecular formula is C21H24ClN3O3S2. The Kier molecular flexibility index (Phi) is 6.48. The largest absolute Gasteiger partial charge is 0.361 e. The van der Waals surface area contributed by atoms with Gasteiger partial charge in [0, 0.05) is 43.2 Å². The van der Waals surface area contributed by atoms with E-state index in [2.05, 4.69) is 16.4 Å². The van der Waals surface area contributed by atoms with Crippen molar-refractivity contribution in [2.75, 3.05) is 19.6 Å². The third-order valence-electron chi connectivity index (χ3n) is 5.58. The monoisotopic (exact) mass is 465 g/mol. The molecule has 1 aliphatic heterocycles. The summed E-state index contributed by atoms with van der Waals surface area (Å²) in [5, 5.41) is 4.19. The van der Waals surface area contributed by atoms with Crippen molar-refractivity contribution in [1.29, 1.82) is 0 Å². The van der Waals surface area contributed by atoms with E-state index in [4.69, 9.17) is 11.6 Å². The molecule has 0 radical (unpaired) electrons. The van der Waals surface area contributed by atoms with Crippen LogP contribution in [0.3, 0.4) is 0 Å². The molecule has 0 spiro atoms. The first-order chi connectivity index (χ1) is 14.4. The Bertz CT molecular complexity index is 1130. The molecule has 3 aromatic rings. The number of nitrogens with zero attached hydrogens (tertiary/aromatic N) is 1. The molecule has 1 fully saturated rings. The van der Waals surface area contributed by atoms with Gasteiger partial charge in [-0.1, -0.05) is 29.8 Å². The molecule has 0 saturated carbocycles. The van der Waals surface area contributed by atoms with Crippen LogP contribution in [0.1, 0.15) is 24.8 Å². The molecule has 0 unspecified atom stereocenters. The number of hydrogen-bond acceptors (Lipinski definition) is 4. The van der Waals surface area contributed by atoms with Gasteiger partial charge in [0.2, 0.25) is 5.91 Å². The minimum atomic E-state index is -3.49. The van der Waals surface area contributed by atoms with Gasteiger partial charge in [-0.15, -0.1) is 11.3 Å². The third kappa shape index (κ3) is 4.72. The number of amides is 1. The predicted octanol–water partition coefficient (Wildman–Crippen LogP) is 4.03. The van der Waals surface area contributed by atoms with Gasteiger partial charge < -0.3 is 10.3 Å². The second-order valence-electron chi connectivity index (χ2n) is 7.57. The summed E-state index contributed by atoms with van der Waals surface area (Å²) in [5.74, 6) is 0.234. The van der Waals surface area contributed by atoms with Crippen molar-refractivity contribution in [1.82, 2.24) is 14.6 Å². The highest BCUT2D eigenvalue weighted by Gasteiger charge is 2.31. The van der Waals surface area contributed by atoms with E-state index < -0.39 is 10.0 Å². The number of nitrogens with one attached hydrogen (secondary N) is 2. The number of halogens is 1. The number of carbonyl (C=O) groups excluding carboxylic acids is 1. The smallest absolute Gasteiger partial charge is 0.252 e. The van der Waals surface area contributed by atoms with Crippen LogP contribution in [0.25, 0.3) is 10.9 Å². The van der Waals surface area contributed by atoms with E-state index in [1.807, 2.05) is 24.4 Å². The molecule has 1 aliphatic rings. The molecule has 3 heterocycles. The number of piperidine rings is 1. The van der Waals surface area contributed by atoms with Gasteiger partial charge in [0.05, 0.1) is 4.34 Å². The van der Waals surface area contributed by atoms with Crippen LogP contribution in [0.2, 0.25) is 4.34 Å². The summed E-state index contributed by atoms with van der Waals surface area (Å²) in [6.07, 6.45) is 4.58. The van der Waals surface area contributed by atoms with Crippen LogP contribution < -0.4 is 5.32 Å². The first-order valence-corrected chi connectivity index (χ1v) is 12.6. The number of hydrogen-bond donors (Lipinski definition) is 2. The first kappa shape index (κ1) is 21.4. The van der Waals surface area contributed by atoms with Gasteiger partial charge in [-0.25, -0.2) is 8.42 Å². The van der Waals surface area contributed by atoms with Gasteiger partial charge >= 0.3 is 0 Å². The maximum absolute atomic E-state index is 12.7.